The van der Waals surface area contributed by atoms with Crippen LogP contribution in [0, 0.1) is 0 Å². The Labute approximate surface area is 218 Å². The first-order valence-corrected chi connectivity index (χ1v) is 12.4. The van der Waals surface area contributed by atoms with Crippen LogP contribution in [0.4, 0.5) is 0 Å². The number of hydrogen-bond donors (Lipinski definition) is 1. The zero-order valence-corrected chi connectivity index (χ0v) is 21.7. The molecule has 1 atom stereocenters. The van der Waals surface area contributed by atoms with Crippen molar-refractivity contribution in [2.24, 2.45) is 0 Å². The lowest BCUT2D eigenvalue weighted by Crippen LogP contribution is -2.51. The average molecular weight is 564 g/mol. The number of carbonyl (C=O) groups excluding carboxylic acids is 2. The molecule has 2 amide bonds. The number of benzene rings is 3. The van der Waals surface area contributed by atoms with E-state index in [-0.39, 0.29) is 25.0 Å². The predicted octanol–water partition coefficient (Wildman–Crippen LogP) is 5.91. The summed E-state index contributed by atoms with van der Waals surface area (Å²) >= 11 is 15.7. The van der Waals surface area contributed by atoms with Gasteiger partial charge in [0, 0.05) is 24.0 Å². The Kier molecular flexibility index (Phi) is 9.81. The van der Waals surface area contributed by atoms with E-state index in [0.29, 0.717) is 28.8 Å². The van der Waals surface area contributed by atoms with Crippen LogP contribution in [0.2, 0.25) is 10.0 Å². The normalized spacial score (nSPS) is 11.5. The second-order valence-corrected chi connectivity index (χ2v) is 9.34. The minimum atomic E-state index is -0.738. The Hall–Kier alpha value is -2.54. The fourth-order valence-corrected chi connectivity index (χ4v) is 4.02. The van der Waals surface area contributed by atoms with Crippen molar-refractivity contribution in [3.63, 3.8) is 0 Å². The lowest BCUT2D eigenvalue weighted by Gasteiger charge is -2.31. The molecule has 5 nitrogen and oxygen atoms in total. The van der Waals surface area contributed by atoms with Crippen molar-refractivity contribution >= 4 is 50.9 Å². The fraction of sp³-hybridized carbons (Fsp3) is 0.231. The third-order valence-electron chi connectivity index (χ3n) is 5.13. The molecule has 34 heavy (non-hydrogen) atoms. The van der Waals surface area contributed by atoms with E-state index in [2.05, 4.69) is 21.2 Å². The molecule has 0 saturated heterocycles. The van der Waals surface area contributed by atoms with Gasteiger partial charge in [-0.3, -0.25) is 9.59 Å². The molecule has 0 fully saturated rings. The molecule has 0 saturated carbocycles. The van der Waals surface area contributed by atoms with E-state index in [4.69, 9.17) is 27.9 Å². The summed E-state index contributed by atoms with van der Waals surface area (Å²) in [6.45, 7) is 2.26. The summed E-state index contributed by atoms with van der Waals surface area (Å²) in [5.74, 6) is 0.00763. The molecule has 1 N–H and O–H groups in total. The van der Waals surface area contributed by atoms with Crippen LogP contribution in [-0.2, 0) is 22.6 Å². The van der Waals surface area contributed by atoms with E-state index in [1.807, 2.05) is 49.4 Å². The zero-order chi connectivity index (χ0) is 24.5. The number of likely N-dealkylation sites (N-methyl/N-ethyl adjacent to an activating group) is 1. The number of halogens is 3. The highest BCUT2D eigenvalue weighted by Crippen LogP contribution is 2.24. The number of ether oxygens (including phenoxy) is 1. The Bertz CT molecular complexity index is 1110. The van der Waals surface area contributed by atoms with E-state index < -0.39 is 6.04 Å². The number of hydrogen-bond acceptors (Lipinski definition) is 3. The standard InChI is InChI=1S/C26H25BrCl2N2O3/c1-2-30-26(33)24(15-18-6-4-3-5-7-18)31(16-19-8-13-22(28)23(29)14-19)25(32)17-34-21-11-9-20(27)10-12-21/h3-14,24H,2,15-17H2,1H3,(H,30,33)/t24-/m1/s1. The van der Waals surface area contributed by atoms with Crippen molar-refractivity contribution in [3.05, 3.63) is 98.4 Å². The quantitative estimate of drug-likeness (QED) is 0.333. The van der Waals surface area contributed by atoms with Crippen LogP contribution in [0.1, 0.15) is 18.1 Å². The molecule has 0 aliphatic carbocycles. The van der Waals surface area contributed by atoms with Crippen molar-refractivity contribution in [1.29, 1.82) is 0 Å². The summed E-state index contributed by atoms with van der Waals surface area (Å²) in [5.41, 5.74) is 1.70. The Balaban J connectivity index is 1.90. The molecular formula is C26H25BrCl2N2O3. The summed E-state index contributed by atoms with van der Waals surface area (Å²) in [4.78, 5) is 28.1. The van der Waals surface area contributed by atoms with E-state index in [1.54, 1.807) is 30.3 Å². The minimum Gasteiger partial charge on any atom is -0.484 e. The van der Waals surface area contributed by atoms with Gasteiger partial charge in [-0.2, -0.15) is 0 Å². The Morgan fingerprint density at radius 2 is 1.68 bits per heavy atom. The number of carbonyl (C=O) groups is 2. The minimum absolute atomic E-state index is 0.175. The first kappa shape index (κ1) is 26.1. The molecule has 0 aliphatic rings. The lowest BCUT2D eigenvalue weighted by atomic mass is 10.0. The SMILES string of the molecule is CCNC(=O)[C@@H](Cc1ccccc1)N(Cc1ccc(Cl)c(Cl)c1)C(=O)COc1ccc(Br)cc1. The van der Waals surface area contributed by atoms with Crippen LogP contribution in [0.15, 0.2) is 77.3 Å². The first-order chi connectivity index (χ1) is 16.4. The molecule has 3 aromatic carbocycles. The Morgan fingerprint density at radius 3 is 2.32 bits per heavy atom. The van der Waals surface area contributed by atoms with Crippen LogP contribution < -0.4 is 10.1 Å². The molecule has 3 rings (SSSR count). The Morgan fingerprint density at radius 1 is 0.971 bits per heavy atom. The predicted molar refractivity (Wildman–Crippen MR) is 139 cm³/mol. The van der Waals surface area contributed by atoms with Crippen molar-refractivity contribution in [1.82, 2.24) is 10.2 Å². The molecular weight excluding hydrogens is 539 g/mol. The highest BCUT2D eigenvalue weighted by molar-refractivity contribution is 9.10. The van der Waals surface area contributed by atoms with Crippen LogP contribution in [-0.4, -0.2) is 35.9 Å². The maximum absolute atomic E-state index is 13.4. The number of nitrogens with zero attached hydrogens (tertiary/aromatic N) is 1. The van der Waals surface area contributed by atoms with Crippen LogP contribution in [0.5, 0.6) is 5.75 Å². The first-order valence-electron chi connectivity index (χ1n) is 10.8. The van der Waals surface area contributed by atoms with Gasteiger partial charge in [0.25, 0.3) is 5.91 Å². The number of rotatable bonds is 10. The molecule has 3 aromatic rings. The van der Waals surface area contributed by atoms with Gasteiger partial charge in [-0.15, -0.1) is 0 Å². The summed E-state index contributed by atoms with van der Waals surface area (Å²) < 4.78 is 6.64. The number of nitrogens with one attached hydrogen (secondary N) is 1. The summed E-state index contributed by atoms with van der Waals surface area (Å²) in [5, 5.41) is 3.67. The van der Waals surface area contributed by atoms with Gasteiger partial charge in [0.2, 0.25) is 5.91 Å². The van der Waals surface area contributed by atoms with Gasteiger partial charge in [-0.25, -0.2) is 0 Å². The van der Waals surface area contributed by atoms with E-state index in [9.17, 15) is 9.59 Å². The molecule has 0 aromatic heterocycles. The summed E-state index contributed by atoms with van der Waals surface area (Å²) in [7, 11) is 0. The van der Waals surface area contributed by atoms with Gasteiger partial charge in [0.1, 0.15) is 11.8 Å². The largest absolute Gasteiger partial charge is 0.484 e. The van der Waals surface area contributed by atoms with E-state index in [0.717, 1.165) is 15.6 Å². The van der Waals surface area contributed by atoms with E-state index in [1.165, 1.54) is 4.90 Å². The van der Waals surface area contributed by atoms with Gasteiger partial charge in [0.05, 0.1) is 10.0 Å². The van der Waals surface area contributed by atoms with Crippen LogP contribution in [0.3, 0.4) is 0 Å². The smallest absolute Gasteiger partial charge is 0.261 e. The summed E-state index contributed by atoms with van der Waals surface area (Å²) in [6, 6.07) is 21.2. The fourth-order valence-electron chi connectivity index (χ4n) is 3.44. The number of amides is 2. The van der Waals surface area contributed by atoms with Crippen LogP contribution >= 0.6 is 39.1 Å². The second kappa shape index (κ2) is 12.8. The lowest BCUT2D eigenvalue weighted by molar-refractivity contribution is -0.142. The van der Waals surface area contributed by atoms with Gasteiger partial charge in [0.15, 0.2) is 6.61 Å². The molecule has 0 radical (unpaired) electrons. The highest BCUT2D eigenvalue weighted by Gasteiger charge is 2.30. The van der Waals surface area contributed by atoms with Crippen molar-refractivity contribution in [3.8, 4) is 5.75 Å². The molecule has 0 heterocycles. The van der Waals surface area contributed by atoms with Gasteiger partial charge < -0.3 is 15.0 Å². The molecule has 178 valence electrons. The maximum Gasteiger partial charge on any atom is 0.261 e. The van der Waals surface area contributed by atoms with Crippen LogP contribution in [0.25, 0.3) is 0 Å². The van der Waals surface area contributed by atoms with Gasteiger partial charge in [-0.05, 0) is 54.4 Å². The maximum atomic E-state index is 13.4. The average Bonchev–Trinajstić information content (AvgIpc) is 2.83. The highest BCUT2D eigenvalue weighted by atomic mass is 79.9. The zero-order valence-electron chi connectivity index (χ0n) is 18.6. The van der Waals surface area contributed by atoms with Crippen molar-refractivity contribution in [2.75, 3.05) is 13.2 Å². The molecule has 8 heteroatoms. The molecule has 0 bridgehead atoms. The third kappa shape index (κ3) is 7.49. The van der Waals surface area contributed by atoms with Crippen molar-refractivity contribution < 1.29 is 14.3 Å². The summed E-state index contributed by atoms with van der Waals surface area (Å²) in [6.07, 6.45) is 0.359. The van der Waals surface area contributed by atoms with E-state index >= 15 is 0 Å². The van der Waals surface area contributed by atoms with Gasteiger partial charge >= 0.3 is 0 Å². The third-order valence-corrected chi connectivity index (χ3v) is 6.40. The molecule has 0 spiro atoms. The molecule has 0 unspecified atom stereocenters. The monoisotopic (exact) mass is 562 g/mol. The second-order valence-electron chi connectivity index (χ2n) is 7.61. The topological polar surface area (TPSA) is 58.6 Å². The van der Waals surface area contributed by atoms with Crippen molar-refractivity contribution in [2.45, 2.75) is 25.9 Å². The molecule has 0 aliphatic heterocycles. The van der Waals surface area contributed by atoms with Gasteiger partial charge in [-0.1, -0.05) is 75.5 Å².